The summed E-state index contributed by atoms with van der Waals surface area (Å²) in [5.74, 6) is 0.796. The Morgan fingerprint density at radius 1 is 1.22 bits per heavy atom. The van der Waals surface area contributed by atoms with Crippen molar-refractivity contribution in [3.05, 3.63) is 29.8 Å². The maximum atomic E-state index is 11.7. The van der Waals surface area contributed by atoms with E-state index < -0.39 is 5.97 Å². The van der Waals surface area contributed by atoms with Gasteiger partial charge in [0.1, 0.15) is 11.5 Å². The summed E-state index contributed by atoms with van der Waals surface area (Å²) in [6, 6.07) is 3.53. The van der Waals surface area contributed by atoms with Crippen LogP contribution in [0.4, 0.5) is 0 Å². The highest BCUT2D eigenvalue weighted by molar-refractivity contribution is 6.16. The third-order valence-corrected chi connectivity index (χ3v) is 2.56. The zero-order chi connectivity index (χ0) is 13.7. The van der Waals surface area contributed by atoms with Gasteiger partial charge in [0.2, 0.25) is 0 Å². The van der Waals surface area contributed by atoms with Gasteiger partial charge in [-0.05, 0) is 31.5 Å². The molecule has 0 aliphatic heterocycles. The fourth-order valence-electron chi connectivity index (χ4n) is 1.61. The number of carbonyl (C=O) groups excluding carboxylic acids is 1. The van der Waals surface area contributed by atoms with Crippen LogP contribution in [0.15, 0.2) is 18.7 Å². The minimum absolute atomic E-state index is 0.256. The highest BCUT2D eigenvalue weighted by Crippen LogP contribution is 2.32. The number of aryl methyl sites for hydroxylation is 1. The van der Waals surface area contributed by atoms with Crippen LogP contribution < -0.4 is 9.47 Å². The lowest BCUT2D eigenvalue weighted by Gasteiger charge is -2.14. The third-order valence-electron chi connectivity index (χ3n) is 2.56. The molecule has 0 fully saturated rings. The van der Waals surface area contributed by atoms with Crippen LogP contribution in [0.1, 0.15) is 18.1 Å². The van der Waals surface area contributed by atoms with E-state index in [1.165, 1.54) is 0 Å². The third kappa shape index (κ3) is 2.83. The van der Waals surface area contributed by atoms with Crippen LogP contribution in [0.25, 0.3) is 5.57 Å². The van der Waals surface area contributed by atoms with Gasteiger partial charge in [-0.1, -0.05) is 6.58 Å². The topological polar surface area (TPSA) is 44.8 Å². The molecule has 18 heavy (non-hydrogen) atoms. The van der Waals surface area contributed by atoms with Crippen molar-refractivity contribution in [2.75, 3.05) is 20.8 Å². The van der Waals surface area contributed by atoms with Crippen molar-refractivity contribution in [3.63, 3.8) is 0 Å². The van der Waals surface area contributed by atoms with Crippen molar-refractivity contribution in [2.45, 2.75) is 13.8 Å². The molecule has 0 amide bonds. The van der Waals surface area contributed by atoms with E-state index in [4.69, 9.17) is 14.2 Å². The molecule has 0 radical (unpaired) electrons. The Labute approximate surface area is 107 Å². The van der Waals surface area contributed by atoms with Gasteiger partial charge in [-0.2, -0.15) is 0 Å². The monoisotopic (exact) mass is 250 g/mol. The van der Waals surface area contributed by atoms with E-state index in [1.807, 2.05) is 6.92 Å². The number of esters is 1. The number of rotatable bonds is 5. The van der Waals surface area contributed by atoms with Gasteiger partial charge in [-0.15, -0.1) is 0 Å². The molecule has 0 bridgehead atoms. The molecule has 0 heterocycles. The minimum atomic E-state index is -0.457. The summed E-state index contributed by atoms with van der Waals surface area (Å²) in [7, 11) is 3.12. The molecule has 0 spiro atoms. The van der Waals surface area contributed by atoms with Gasteiger partial charge >= 0.3 is 5.97 Å². The Kier molecular flexibility index (Phi) is 4.77. The zero-order valence-corrected chi connectivity index (χ0v) is 11.2. The van der Waals surface area contributed by atoms with E-state index in [0.29, 0.717) is 23.7 Å². The quantitative estimate of drug-likeness (QED) is 0.595. The SMILES string of the molecule is C=C(C(=O)OCC)c1cc(OC)c(C)cc1OC. The number of hydrogen-bond donors (Lipinski definition) is 0. The number of benzene rings is 1. The van der Waals surface area contributed by atoms with Crippen molar-refractivity contribution >= 4 is 11.5 Å². The van der Waals surface area contributed by atoms with E-state index in [-0.39, 0.29) is 5.57 Å². The van der Waals surface area contributed by atoms with Crippen molar-refractivity contribution < 1.29 is 19.0 Å². The molecular formula is C14H18O4. The smallest absolute Gasteiger partial charge is 0.338 e. The summed E-state index contributed by atoms with van der Waals surface area (Å²) in [4.78, 5) is 11.7. The molecule has 1 aromatic rings. The van der Waals surface area contributed by atoms with Crippen molar-refractivity contribution in [1.82, 2.24) is 0 Å². The molecule has 0 aromatic heterocycles. The molecule has 1 aromatic carbocycles. The summed E-state index contributed by atoms with van der Waals surface area (Å²) < 4.78 is 15.4. The van der Waals surface area contributed by atoms with Crippen LogP contribution in [0.3, 0.4) is 0 Å². The number of hydrogen-bond acceptors (Lipinski definition) is 4. The molecule has 0 atom stereocenters. The number of methoxy groups -OCH3 is 2. The van der Waals surface area contributed by atoms with Crippen LogP contribution in [-0.2, 0) is 9.53 Å². The van der Waals surface area contributed by atoms with Crippen molar-refractivity contribution in [2.24, 2.45) is 0 Å². The van der Waals surface area contributed by atoms with Crippen molar-refractivity contribution in [3.8, 4) is 11.5 Å². The van der Waals surface area contributed by atoms with Gasteiger partial charge in [-0.3, -0.25) is 0 Å². The predicted octanol–water partition coefficient (Wildman–Crippen LogP) is 2.59. The maximum Gasteiger partial charge on any atom is 0.338 e. The standard InChI is InChI=1S/C14H18O4/c1-6-18-14(15)10(3)11-8-12(16-4)9(2)7-13(11)17-5/h7-8H,3,6H2,1-2,4-5H3. The van der Waals surface area contributed by atoms with Gasteiger partial charge in [0.05, 0.1) is 26.4 Å². The van der Waals surface area contributed by atoms with Crippen molar-refractivity contribution in [1.29, 1.82) is 0 Å². The van der Waals surface area contributed by atoms with Crippen LogP contribution >= 0.6 is 0 Å². The molecule has 4 heteroatoms. The fraction of sp³-hybridized carbons (Fsp3) is 0.357. The highest BCUT2D eigenvalue weighted by Gasteiger charge is 2.17. The van der Waals surface area contributed by atoms with Crippen LogP contribution in [0.2, 0.25) is 0 Å². The Morgan fingerprint density at radius 2 is 1.83 bits per heavy atom. The highest BCUT2D eigenvalue weighted by atomic mass is 16.5. The normalized spacial score (nSPS) is 9.78. The van der Waals surface area contributed by atoms with Gasteiger partial charge in [0.15, 0.2) is 0 Å². The van der Waals surface area contributed by atoms with Gasteiger partial charge in [0, 0.05) is 5.56 Å². The Balaban J connectivity index is 3.21. The second-order valence-electron chi connectivity index (χ2n) is 3.72. The van der Waals surface area contributed by atoms with E-state index in [2.05, 4.69) is 6.58 Å². The fourth-order valence-corrected chi connectivity index (χ4v) is 1.61. The lowest BCUT2D eigenvalue weighted by atomic mass is 10.0. The van der Waals surface area contributed by atoms with Gasteiger partial charge < -0.3 is 14.2 Å². The first-order valence-corrected chi connectivity index (χ1v) is 5.64. The van der Waals surface area contributed by atoms with E-state index >= 15 is 0 Å². The van der Waals surface area contributed by atoms with Gasteiger partial charge in [0.25, 0.3) is 0 Å². The molecule has 98 valence electrons. The maximum absolute atomic E-state index is 11.7. The summed E-state index contributed by atoms with van der Waals surface area (Å²) in [5, 5.41) is 0. The Morgan fingerprint density at radius 3 is 2.33 bits per heavy atom. The van der Waals surface area contributed by atoms with Crippen LogP contribution in [-0.4, -0.2) is 26.8 Å². The lowest BCUT2D eigenvalue weighted by molar-refractivity contribution is -0.136. The summed E-state index contributed by atoms with van der Waals surface area (Å²) in [6.45, 7) is 7.70. The van der Waals surface area contributed by atoms with Crippen LogP contribution in [0, 0.1) is 6.92 Å². The van der Waals surface area contributed by atoms with Gasteiger partial charge in [-0.25, -0.2) is 4.79 Å². The first kappa shape index (κ1) is 14.1. The Hall–Kier alpha value is -1.97. The summed E-state index contributed by atoms with van der Waals surface area (Å²) in [6.07, 6.45) is 0. The largest absolute Gasteiger partial charge is 0.496 e. The lowest BCUT2D eigenvalue weighted by Crippen LogP contribution is -2.07. The first-order valence-electron chi connectivity index (χ1n) is 5.64. The molecular weight excluding hydrogens is 232 g/mol. The molecule has 0 saturated heterocycles. The zero-order valence-electron chi connectivity index (χ0n) is 11.2. The number of ether oxygens (including phenoxy) is 3. The first-order chi connectivity index (χ1) is 8.54. The van der Waals surface area contributed by atoms with Crippen LogP contribution in [0.5, 0.6) is 11.5 Å². The second-order valence-corrected chi connectivity index (χ2v) is 3.72. The summed E-state index contributed by atoms with van der Waals surface area (Å²) >= 11 is 0. The van der Waals surface area contributed by atoms with E-state index in [9.17, 15) is 4.79 Å². The molecule has 0 aliphatic rings. The molecule has 0 N–H and O–H groups in total. The van der Waals surface area contributed by atoms with E-state index in [1.54, 1.807) is 33.3 Å². The Bertz CT molecular complexity index is 463. The predicted molar refractivity (Wildman–Crippen MR) is 70.0 cm³/mol. The minimum Gasteiger partial charge on any atom is -0.496 e. The number of carbonyl (C=O) groups is 1. The van der Waals surface area contributed by atoms with E-state index in [0.717, 1.165) is 5.56 Å². The molecule has 0 saturated carbocycles. The average Bonchev–Trinajstić information content (AvgIpc) is 2.37. The summed E-state index contributed by atoms with van der Waals surface area (Å²) in [5.41, 5.74) is 1.76. The molecule has 0 aliphatic carbocycles. The average molecular weight is 250 g/mol. The molecule has 4 nitrogen and oxygen atoms in total. The molecule has 1 rings (SSSR count). The second kappa shape index (κ2) is 6.10. The molecule has 0 unspecified atom stereocenters.